The Bertz CT molecular complexity index is 423. The van der Waals surface area contributed by atoms with Crippen molar-refractivity contribution in [1.82, 2.24) is 10.2 Å². The summed E-state index contributed by atoms with van der Waals surface area (Å²) >= 11 is 12.2. The summed E-state index contributed by atoms with van der Waals surface area (Å²) in [6, 6.07) is 6.58. The van der Waals surface area contributed by atoms with E-state index in [0.29, 0.717) is 11.1 Å². The van der Waals surface area contributed by atoms with Crippen LogP contribution in [0.25, 0.3) is 0 Å². The summed E-state index contributed by atoms with van der Waals surface area (Å²) in [5.41, 5.74) is 1.13. The molecule has 1 aromatic carbocycles. The largest absolute Gasteiger partial charge is 0.307 e. The van der Waals surface area contributed by atoms with Gasteiger partial charge in [-0.25, -0.2) is 0 Å². The molecule has 2 nitrogen and oxygen atoms in total. The number of halogens is 2. The molecule has 0 amide bonds. The van der Waals surface area contributed by atoms with Gasteiger partial charge in [0.2, 0.25) is 0 Å². The average molecular weight is 301 g/mol. The fourth-order valence-electron chi connectivity index (χ4n) is 2.70. The molecule has 1 N–H and O–H groups in total. The number of rotatable bonds is 3. The molecule has 4 heteroatoms. The summed E-state index contributed by atoms with van der Waals surface area (Å²) in [7, 11) is 2.20. The lowest BCUT2D eigenvalue weighted by atomic mass is 10.0. The molecule has 1 aliphatic heterocycles. The fourth-order valence-corrected chi connectivity index (χ4v) is 3.27. The van der Waals surface area contributed by atoms with Gasteiger partial charge in [0, 0.05) is 22.1 Å². The second kappa shape index (κ2) is 6.94. The van der Waals surface area contributed by atoms with E-state index in [1.807, 2.05) is 18.2 Å². The van der Waals surface area contributed by atoms with E-state index >= 15 is 0 Å². The van der Waals surface area contributed by atoms with Crippen molar-refractivity contribution < 1.29 is 0 Å². The maximum atomic E-state index is 6.26. The van der Waals surface area contributed by atoms with Gasteiger partial charge in [-0.2, -0.15) is 0 Å². The SMILES string of the molecule is CC(NC1CCCN(C)CC1)c1ccc(Cl)cc1Cl. The van der Waals surface area contributed by atoms with E-state index in [1.165, 1.54) is 32.4 Å². The molecular weight excluding hydrogens is 279 g/mol. The molecular formula is C15H22Cl2N2. The van der Waals surface area contributed by atoms with Crippen molar-refractivity contribution in [1.29, 1.82) is 0 Å². The predicted octanol–water partition coefficient (Wildman–Crippen LogP) is 4.13. The van der Waals surface area contributed by atoms with Crippen LogP contribution in [0.2, 0.25) is 10.0 Å². The van der Waals surface area contributed by atoms with Crippen molar-refractivity contribution in [2.75, 3.05) is 20.1 Å². The highest BCUT2D eigenvalue weighted by Gasteiger charge is 2.18. The molecule has 1 aliphatic rings. The topological polar surface area (TPSA) is 15.3 Å². The third-order valence-electron chi connectivity index (χ3n) is 3.87. The minimum Gasteiger partial charge on any atom is -0.307 e. The van der Waals surface area contributed by atoms with Gasteiger partial charge in [0.05, 0.1) is 0 Å². The minimum absolute atomic E-state index is 0.262. The number of hydrogen-bond donors (Lipinski definition) is 1. The van der Waals surface area contributed by atoms with E-state index in [0.717, 1.165) is 10.6 Å². The number of benzene rings is 1. The highest BCUT2D eigenvalue weighted by atomic mass is 35.5. The van der Waals surface area contributed by atoms with E-state index in [2.05, 4.69) is 24.2 Å². The van der Waals surface area contributed by atoms with Crippen molar-refractivity contribution in [2.24, 2.45) is 0 Å². The lowest BCUT2D eigenvalue weighted by molar-refractivity contribution is 0.340. The summed E-state index contributed by atoms with van der Waals surface area (Å²) in [5.74, 6) is 0. The minimum atomic E-state index is 0.262. The third kappa shape index (κ3) is 4.35. The molecule has 1 fully saturated rings. The molecule has 1 heterocycles. The van der Waals surface area contributed by atoms with E-state index in [9.17, 15) is 0 Å². The maximum Gasteiger partial charge on any atom is 0.0468 e. The van der Waals surface area contributed by atoms with Crippen molar-refractivity contribution in [3.8, 4) is 0 Å². The van der Waals surface area contributed by atoms with E-state index in [-0.39, 0.29) is 6.04 Å². The molecule has 19 heavy (non-hydrogen) atoms. The molecule has 0 spiro atoms. The van der Waals surface area contributed by atoms with Gasteiger partial charge in [0.1, 0.15) is 0 Å². The summed E-state index contributed by atoms with van der Waals surface area (Å²) < 4.78 is 0. The molecule has 0 aromatic heterocycles. The molecule has 0 bridgehead atoms. The first-order valence-electron chi connectivity index (χ1n) is 6.96. The van der Waals surface area contributed by atoms with E-state index in [1.54, 1.807) is 0 Å². The normalized spacial score (nSPS) is 23.1. The van der Waals surface area contributed by atoms with Crippen LogP contribution in [0.3, 0.4) is 0 Å². The first-order chi connectivity index (χ1) is 9.06. The molecule has 0 radical (unpaired) electrons. The van der Waals surface area contributed by atoms with Crippen molar-refractivity contribution in [3.05, 3.63) is 33.8 Å². The maximum absolute atomic E-state index is 6.26. The summed E-state index contributed by atoms with van der Waals surface area (Å²) in [4.78, 5) is 2.40. The van der Waals surface area contributed by atoms with Gasteiger partial charge in [-0.3, -0.25) is 0 Å². The third-order valence-corrected chi connectivity index (χ3v) is 4.43. The zero-order valence-corrected chi connectivity index (χ0v) is 13.1. The van der Waals surface area contributed by atoms with Crippen LogP contribution < -0.4 is 5.32 Å². The summed E-state index contributed by atoms with van der Waals surface area (Å²) in [6.07, 6.45) is 3.70. The monoisotopic (exact) mass is 300 g/mol. The van der Waals surface area contributed by atoms with Crippen molar-refractivity contribution in [3.63, 3.8) is 0 Å². The first-order valence-corrected chi connectivity index (χ1v) is 7.71. The Labute approximate surface area is 126 Å². The predicted molar refractivity (Wildman–Crippen MR) is 83.1 cm³/mol. The van der Waals surface area contributed by atoms with E-state index < -0.39 is 0 Å². The lowest BCUT2D eigenvalue weighted by Crippen LogP contribution is -2.32. The molecule has 0 aliphatic carbocycles. The van der Waals surface area contributed by atoms with E-state index in [4.69, 9.17) is 23.2 Å². The first kappa shape index (κ1) is 15.1. The molecule has 1 aromatic rings. The number of nitrogens with zero attached hydrogens (tertiary/aromatic N) is 1. The average Bonchev–Trinajstić information content (AvgIpc) is 2.54. The van der Waals surface area contributed by atoms with Gasteiger partial charge >= 0.3 is 0 Å². The molecule has 2 rings (SSSR count). The van der Waals surface area contributed by atoms with Crippen LogP contribution in [0, 0.1) is 0 Å². The standard InChI is InChI=1S/C15H22Cl2N2/c1-11(14-6-5-12(16)10-15(14)17)18-13-4-3-8-19(2)9-7-13/h5-6,10-11,13,18H,3-4,7-9H2,1-2H3. The lowest BCUT2D eigenvalue weighted by Gasteiger charge is -2.23. The quantitative estimate of drug-likeness (QED) is 0.903. The Hall–Kier alpha value is -0.280. The molecule has 0 saturated carbocycles. The fraction of sp³-hybridized carbons (Fsp3) is 0.600. The second-order valence-electron chi connectivity index (χ2n) is 5.49. The number of nitrogens with one attached hydrogen (secondary N) is 1. The second-order valence-corrected chi connectivity index (χ2v) is 6.33. The summed E-state index contributed by atoms with van der Waals surface area (Å²) in [5, 5.41) is 5.14. The molecule has 2 unspecified atom stereocenters. The Kier molecular flexibility index (Phi) is 5.52. The van der Waals surface area contributed by atoms with Crippen LogP contribution in [0.15, 0.2) is 18.2 Å². The molecule has 2 atom stereocenters. The smallest absolute Gasteiger partial charge is 0.0468 e. The van der Waals surface area contributed by atoms with Crippen LogP contribution in [0.5, 0.6) is 0 Å². The van der Waals surface area contributed by atoms with Gasteiger partial charge in [0.15, 0.2) is 0 Å². The Morgan fingerprint density at radius 3 is 2.79 bits per heavy atom. The van der Waals surface area contributed by atoms with Crippen LogP contribution in [0.4, 0.5) is 0 Å². The van der Waals surface area contributed by atoms with Crippen molar-refractivity contribution >= 4 is 23.2 Å². The van der Waals surface area contributed by atoms with Crippen LogP contribution in [-0.2, 0) is 0 Å². The van der Waals surface area contributed by atoms with Gasteiger partial charge in [-0.05, 0) is 64.0 Å². The van der Waals surface area contributed by atoms with Gasteiger partial charge < -0.3 is 10.2 Å². The Morgan fingerprint density at radius 1 is 1.26 bits per heavy atom. The van der Waals surface area contributed by atoms with Crippen molar-refractivity contribution in [2.45, 2.75) is 38.3 Å². The highest BCUT2D eigenvalue weighted by molar-refractivity contribution is 6.35. The Balaban J connectivity index is 1.98. The highest BCUT2D eigenvalue weighted by Crippen LogP contribution is 2.27. The van der Waals surface area contributed by atoms with Crippen LogP contribution in [-0.4, -0.2) is 31.1 Å². The Morgan fingerprint density at radius 2 is 2.05 bits per heavy atom. The number of hydrogen-bond acceptors (Lipinski definition) is 2. The number of likely N-dealkylation sites (tertiary alicyclic amines) is 1. The molecule has 1 saturated heterocycles. The summed E-state index contributed by atoms with van der Waals surface area (Å²) in [6.45, 7) is 4.54. The zero-order chi connectivity index (χ0) is 13.8. The van der Waals surface area contributed by atoms with Crippen LogP contribution in [0.1, 0.15) is 37.8 Å². The van der Waals surface area contributed by atoms with Gasteiger partial charge in [-0.1, -0.05) is 29.3 Å². The molecule has 106 valence electrons. The van der Waals surface area contributed by atoms with Gasteiger partial charge in [0.25, 0.3) is 0 Å². The van der Waals surface area contributed by atoms with Gasteiger partial charge in [-0.15, -0.1) is 0 Å². The van der Waals surface area contributed by atoms with Crippen LogP contribution >= 0.6 is 23.2 Å². The zero-order valence-electron chi connectivity index (χ0n) is 11.6.